The fourth-order valence-electron chi connectivity index (χ4n) is 4.17. The summed E-state index contributed by atoms with van der Waals surface area (Å²) < 4.78 is 27.2. The van der Waals surface area contributed by atoms with Crippen molar-refractivity contribution in [1.82, 2.24) is 4.31 Å². The molecular formula is C17H20N2O4S. The number of anilines is 1. The van der Waals surface area contributed by atoms with Crippen LogP contribution >= 0.6 is 0 Å². The molecule has 1 aromatic rings. The molecular weight excluding hydrogens is 328 g/mol. The average Bonchev–Trinajstić information content (AvgIpc) is 3.23. The molecule has 4 rings (SSSR count). The van der Waals surface area contributed by atoms with Gasteiger partial charge in [0.25, 0.3) is 0 Å². The fraction of sp³-hybridized carbons (Fsp3) is 0.529. The van der Waals surface area contributed by atoms with E-state index in [1.54, 1.807) is 16.4 Å². The normalized spacial score (nSPS) is 27.9. The predicted octanol–water partition coefficient (Wildman–Crippen LogP) is 1.76. The van der Waals surface area contributed by atoms with Crippen LogP contribution in [0.4, 0.5) is 5.69 Å². The summed E-state index contributed by atoms with van der Waals surface area (Å²) in [7, 11) is -3.50. The molecule has 0 radical (unpaired) electrons. The second kappa shape index (κ2) is 5.67. The number of benzene rings is 1. The molecule has 0 bridgehead atoms. The number of carbonyl (C=O) groups excluding carboxylic acids is 2. The highest BCUT2D eigenvalue weighted by Crippen LogP contribution is 2.39. The minimum Gasteiger partial charge on any atom is -0.274 e. The Bertz CT molecular complexity index is 759. The Balaban J connectivity index is 1.56. The van der Waals surface area contributed by atoms with E-state index >= 15 is 0 Å². The number of rotatable bonds is 3. The Labute approximate surface area is 141 Å². The number of imide groups is 1. The topological polar surface area (TPSA) is 74.8 Å². The van der Waals surface area contributed by atoms with Crippen LogP contribution in [0.1, 0.15) is 32.1 Å². The highest BCUT2D eigenvalue weighted by atomic mass is 32.2. The van der Waals surface area contributed by atoms with Crippen LogP contribution in [0.5, 0.6) is 0 Å². The Morgan fingerprint density at radius 2 is 1.42 bits per heavy atom. The van der Waals surface area contributed by atoms with Gasteiger partial charge in [0, 0.05) is 25.9 Å². The summed E-state index contributed by atoms with van der Waals surface area (Å²) >= 11 is 0. The first-order chi connectivity index (χ1) is 11.5. The SMILES string of the molecule is O=C1CCC(=O)N1c1ccc(S(=O)(=O)N2CC3CCCC3C2)cc1. The average molecular weight is 348 g/mol. The minimum atomic E-state index is -3.50. The van der Waals surface area contributed by atoms with Crippen molar-refractivity contribution in [3.8, 4) is 0 Å². The van der Waals surface area contributed by atoms with Crippen LogP contribution in [0, 0.1) is 11.8 Å². The molecule has 24 heavy (non-hydrogen) atoms. The molecule has 1 aromatic carbocycles. The number of hydrogen-bond donors (Lipinski definition) is 0. The summed E-state index contributed by atoms with van der Waals surface area (Å²) in [6.07, 6.45) is 3.88. The Morgan fingerprint density at radius 1 is 0.875 bits per heavy atom. The van der Waals surface area contributed by atoms with E-state index in [0.29, 0.717) is 30.6 Å². The van der Waals surface area contributed by atoms with Crippen LogP contribution in [-0.2, 0) is 19.6 Å². The number of carbonyl (C=O) groups is 2. The Morgan fingerprint density at radius 3 is 1.96 bits per heavy atom. The van der Waals surface area contributed by atoms with Crippen molar-refractivity contribution in [3.05, 3.63) is 24.3 Å². The maximum Gasteiger partial charge on any atom is 0.243 e. The van der Waals surface area contributed by atoms with E-state index in [0.717, 1.165) is 17.7 Å². The molecule has 0 N–H and O–H groups in total. The number of amides is 2. The molecule has 3 fully saturated rings. The zero-order chi connectivity index (χ0) is 16.9. The second-order valence-corrected chi connectivity index (χ2v) is 8.83. The van der Waals surface area contributed by atoms with Gasteiger partial charge < -0.3 is 0 Å². The summed E-state index contributed by atoms with van der Waals surface area (Å²) in [4.78, 5) is 24.9. The van der Waals surface area contributed by atoms with E-state index in [2.05, 4.69) is 0 Å². The highest BCUT2D eigenvalue weighted by Gasteiger charge is 2.41. The van der Waals surface area contributed by atoms with E-state index in [1.165, 1.54) is 18.6 Å². The van der Waals surface area contributed by atoms with Crippen LogP contribution in [0.15, 0.2) is 29.2 Å². The monoisotopic (exact) mass is 348 g/mol. The van der Waals surface area contributed by atoms with Gasteiger partial charge in [-0.1, -0.05) is 6.42 Å². The third-order valence-corrected chi connectivity index (χ3v) is 7.32. The van der Waals surface area contributed by atoms with Gasteiger partial charge in [0.2, 0.25) is 21.8 Å². The zero-order valence-electron chi connectivity index (χ0n) is 13.3. The molecule has 2 heterocycles. The number of fused-ring (bicyclic) bond motifs is 1. The minimum absolute atomic E-state index is 0.218. The summed E-state index contributed by atoms with van der Waals surface area (Å²) in [5, 5.41) is 0. The lowest BCUT2D eigenvalue weighted by Gasteiger charge is -2.18. The quantitative estimate of drug-likeness (QED) is 0.780. The zero-order valence-corrected chi connectivity index (χ0v) is 14.2. The molecule has 128 valence electrons. The number of hydrogen-bond acceptors (Lipinski definition) is 4. The highest BCUT2D eigenvalue weighted by molar-refractivity contribution is 7.89. The summed E-state index contributed by atoms with van der Waals surface area (Å²) in [6.45, 7) is 1.22. The molecule has 2 aliphatic heterocycles. The molecule has 7 heteroatoms. The standard InChI is InChI=1S/C17H20N2O4S/c20-16-8-9-17(21)19(16)14-4-6-15(7-5-14)24(22,23)18-10-12-2-1-3-13(12)11-18/h4-7,12-13H,1-3,8-11H2. The molecule has 0 spiro atoms. The van der Waals surface area contributed by atoms with Crippen LogP contribution in [0.2, 0.25) is 0 Å². The third kappa shape index (κ3) is 2.46. The first kappa shape index (κ1) is 15.8. The van der Waals surface area contributed by atoms with Crippen molar-refractivity contribution in [3.63, 3.8) is 0 Å². The molecule has 2 saturated heterocycles. The van der Waals surface area contributed by atoms with Gasteiger partial charge in [0.1, 0.15) is 0 Å². The van der Waals surface area contributed by atoms with Gasteiger partial charge >= 0.3 is 0 Å². The maximum absolute atomic E-state index is 12.8. The molecule has 2 amide bonds. The molecule has 1 saturated carbocycles. The van der Waals surface area contributed by atoms with Gasteiger partial charge in [-0.05, 0) is 48.9 Å². The van der Waals surface area contributed by atoms with Gasteiger partial charge in [-0.15, -0.1) is 0 Å². The fourth-order valence-corrected chi connectivity index (χ4v) is 5.72. The lowest BCUT2D eigenvalue weighted by Crippen LogP contribution is -2.30. The van der Waals surface area contributed by atoms with Crippen LogP contribution in [0.3, 0.4) is 0 Å². The van der Waals surface area contributed by atoms with Gasteiger partial charge in [-0.25, -0.2) is 8.42 Å². The van der Waals surface area contributed by atoms with Crippen molar-refractivity contribution < 1.29 is 18.0 Å². The van der Waals surface area contributed by atoms with Crippen molar-refractivity contribution in [1.29, 1.82) is 0 Å². The third-order valence-electron chi connectivity index (χ3n) is 5.48. The lowest BCUT2D eigenvalue weighted by atomic mass is 10.0. The van der Waals surface area contributed by atoms with Crippen molar-refractivity contribution in [2.75, 3.05) is 18.0 Å². The van der Waals surface area contributed by atoms with Crippen molar-refractivity contribution in [2.24, 2.45) is 11.8 Å². The molecule has 1 aliphatic carbocycles. The van der Waals surface area contributed by atoms with Crippen LogP contribution < -0.4 is 4.90 Å². The van der Waals surface area contributed by atoms with Crippen molar-refractivity contribution in [2.45, 2.75) is 37.0 Å². The summed E-state index contributed by atoms with van der Waals surface area (Å²) in [6, 6.07) is 6.09. The van der Waals surface area contributed by atoms with E-state index in [9.17, 15) is 18.0 Å². The first-order valence-corrected chi connectivity index (χ1v) is 9.87. The first-order valence-electron chi connectivity index (χ1n) is 8.43. The van der Waals surface area contributed by atoms with E-state index in [1.807, 2.05) is 0 Å². The Hall–Kier alpha value is -1.73. The Kier molecular flexibility index (Phi) is 3.73. The van der Waals surface area contributed by atoms with Gasteiger partial charge in [0.05, 0.1) is 10.6 Å². The number of nitrogens with zero attached hydrogens (tertiary/aromatic N) is 2. The van der Waals surface area contributed by atoms with E-state index < -0.39 is 10.0 Å². The predicted molar refractivity (Wildman–Crippen MR) is 87.8 cm³/mol. The molecule has 2 atom stereocenters. The largest absolute Gasteiger partial charge is 0.274 e. The van der Waals surface area contributed by atoms with Crippen LogP contribution in [0.25, 0.3) is 0 Å². The van der Waals surface area contributed by atoms with E-state index in [4.69, 9.17) is 0 Å². The van der Waals surface area contributed by atoms with Crippen LogP contribution in [-0.4, -0.2) is 37.6 Å². The lowest BCUT2D eigenvalue weighted by molar-refractivity contribution is -0.121. The molecule has 0 aromatic heterocycles. The summed E-state index contributed by atoms with van der Waals surface area (Å²) in [5.74, 6) is 0.531. The maximum atomic E-state index is 12.8. The second-order valence-electron chi connectivity index (χ2n) is 6.89. The van der Waals surface area contributed by atoms with Gasteiger partial charge in [0.15, 0.2) is 0 Å². The van der Waals surface area contributed by atoms with Crippen molar-refractivity contribution >= 4 is 27.5 Å². The molecule has 6 nitrogen and oxygen atoms in total. The summed E-state index contributed by atoms with van der Waals surface area (Å²) in [5.41, 5.74) is 0.444. The van der Waals surface area contributed by atoms with Gasteiger partial charge in [-0.3, -0.25) is 14.5 Å². The number of sulfonamides is 1. The van der Waals surface area contributed by atoms with Gasteiger partial charge in [-0.2, -0.15) is 4.31 Å². The smallest absolute Gasteiger partial charge is 0.243 e. The van der Waals surface area contributed by atoms with E-state index in [-0.39, 0.29) is 29.6 Å². The molecule has 2 unspecified atom stereocenters. The molecule has 3 aliphatic rings.